The summed E-state index contributed by atoms with van der Waals surface area (Å²) in [6, 6.07) is 10.7. The SMILES string of the molecule is CC(C)(C)OC(=O)N1CCC(CC(=O)NC2CCCN(Cc3ccccc3)C2)CC1. The number of benzene rings is 1. The first kappa shape index (κ1) is 22.6. The molecule has 1 aromatic carbocycles. The summed E-state index contributed by atoms with van der Waals surface area (Å²) >= 11 is 0. The number of hydrogen-bond donors (Lipinski definition) is 1. The van der Waals surface area contributed by atoms with Crippen molar-refractivity contribution < 1.29 is 14.3 Å². The lowest BCUT2D eigenvalue weighted by atomic mass is 9.93. The molecule has 6 heteroatoms. The second-order valence-corrected chi connectivity index (χ2v) is 9.74. The van der Waals surface area contributed by atoms with E-state index in [0.29, 0.717) is 25.4 Å². The van der Waals surface area contributed by atoms with Crippen molar-refractivity contribution in [1.29, 1.82) is 0 Å². The zero-order valence-corrected chi connectivity index (χ0v) is 18.7. The van der Waals surface area contributed by atoms with Gasteiger partial charge >= 0.3 is 6.09 Å². The Labute approximate surface area is 180 Å². The molecule has 0 radical (unpaired) electrons. The fourth-order valence-corrected chi connectivity index (χ4v) is 4.35. The van der Waals surface area contributed by atoms with Crippen LogP contribution in [-0.2, 0) is 16.1 Å². The van der Waals surface area contributed by atoms with Gasteiger partial charge in [0.25, 0.3) is 0 Å². The summed E-state index contributed by atoms with van der Waals surface area (Å²) in [6.45, 7) is 9.93. The lowest BCUT2D eigenvalue weighted by Crippen LogP contribution is -2.48. The minimum atomic E-state index is -0.470. The first-order valence-electron chi connectivity index (χ1n) is 11.3. The van der Waals surface area contributed by atoms with Crippen LogP contribution in [-0.4, -0.2) is 59.6 Å². The second-order valence-electron chi connectivity index (χ2n) is 9.74. The standard InChI is InChI=1S/C24H37N3O3/c1-24(2,3)30-23(29)27-14-11-19(12-15-27)16-22(28)25-21-10-7-13-26(18-21)17-20-8-5-4-6-9-20/h4-6,8-9,19,21H,7,10-18H2,1-3H3,(H,25,28). The number of amides is 2. The third-order valence-electron chi connectivity index (χ3n) is 5.86. The second kappa shape index (κ2) is 10.3. The summed E-state index contributed by atoms with van der Waals surface area (Å²) in [5, 5.41) is 3.26. The van der Waals surface area contributed by atoms with Crippen LogP contribution >= 0.6 is 0 Å². The smallest absolute Gasteiger partial charge is 0.410 e. The highest BCUT2D eigenvalue weighted by Crippen LogP contribution is 2.23. The fraction of sp³-hybridized carbons (Fsp3) is 0.667. The molecular formula is C24H37N3O3. The lowest BCUT2D eigenvalue weighted by molar-refractivity contribution is -0.123. The fourth-order valence-electron chi connectivity index (χ4n) is 4.35. The van der Waals surface area contributed by atoms with E-state index >= 15 is 0 Å². The van der Waals surface area contributed by atoms with Crippen molar-refractivity contribution >= 4 is 12.0 Å². The molecule has 166 valence electrons. The van der Waals surface area contributed by atoms with Gasteiger partial charge in [0.1, 0.15) is 5.60 Å². The molecule has 2 aliphatic rings. The Balaban J connectivity index is 1.38. The minimum absolute atomic E-state index is 0.150. The van der Waals surface area contributed by atoms with Crippen LogP contribution in [0.5, 0.6) is 0 Å². The quantitative estimate of drug-likeness (QED) is 0.795. The summed E-state index contributed by atoms with van der Waals surface area (Å²) in [5.74, 6) is 0.491. The van der Waals surface area contributed by atoms with Crippen LogP contribution in [0, 0.1) is 5.92 Å². The molecule has 2 amide bonds. The van der Waals surface area contributed by atoms with E-state index in [4.69, 9.17) is 4.74 Å². The Morgan fingerprint density at radius 1 is 1.07 bits per heavy atom. The number of nitrogens with one attached hydrogen (secondary N) is 1. The molecule has 1 aromatic rings. The number of carbonyl (C=O) groups excluding carboxylic acids is 2. The third kappa shape index (κ3) is 7.31. The number of hydrogen-bond acceptors (Lipinski definition) is 4. The molecule has 2 heterocycles. The minimum Gasteiger partial charge on any atom is -0.444 e. The van der Waals surface area contributed by atoms with Gasteiger partial charge in [0.05, 0.1) is 0 Å². The first-order valence-corrected chi connectivity index (χ1v) is 11.3. The monoisotopic (exact) mass is 415 g/mol. The Kier molecular flexibility index (Phi) is 7.75. The molecule has 2 aliphatic heterocycles. The first-order chi connectivity index (χ1) is 14.3. The number of piperidine rings is 2. The van der Waals surface area contributed by atoms with Crippen LogP contribution in [0.15, 0.2) is 30.3 Å². The van der Waals surface area contributed by atoms with Gasteiger partial charge in [0.15, 0.2) is 0 Å². The highest BCUT2D eigenvalue weighted by Gasteiger charge is 2.28. The van der Waals surface area contributed by atoms with E-state index in [1.54, 1.807) is 4.90 Å². The van der Waals surface area contributed by atoms with Crippen molar-refractivity contribution in [1.82, 2.24) is 15.1 Å². The predicted molar refractivity (Wildman–Crippen MR) is 118 cm³/mol. The van der Waals surface area contributed by atoms with Crippen LogP contribution in [0.2, 0.25) is 0 Å². The molecule has 30 heavy (non-hydrogen) atoms. The van der Waals surface area contributed by atoms with Crippen LogP contribution < -0.4 is 5.32 Å². The van der Waals surface area contributed by atoms with Gasteiger partial charge in [-0.05, 0) is 64.5 Å². The van der Waals surface area contributed by atoms with Gasteiger partial charge in [0.2, 0.25) is 5.91 Å². The molecule has 0 aliphatic carbocycles. The number of nitrogens with zero attached hydrogens (tertiary/aromatic N) is 2. The molecule has 2 fully saturated rings. The van der Waals surface area contributed by atoms with Crippen molar-refractivity contribution in [2.75, 3.05) is 26.2 Å². The zero-order valence-electron chi connectivity index (χ0n) is 18.7. The van der Waals surface area contributed by atoms with Crippen LogP contribution in [0.3, 0.4) is 0 Å². The molecule has 1 atom stereocenters. The summed E-state index contributed by atoms with van der Waals surface area (Å²) in [6.07, 6.45) is 4.19. The van der Waals surface area contributed by atoms with E-state index in [-0.39, 0.29) is 18.0 Å². The van der Waals surface area contributed by atoms with Crippen molar-refractivity contribution in [3.63, 3.8) is 0 Å². The van der Waals surface area contributed by atoms with Crippen LogP contribution in [0.1, 0.15) is 58.4 Å². The average molecular weight is 416 g/mol. The molecule has 0 bridgehead atoms. The summed E-state index contributed by atoms with van der Waals surface area (Å²) in [4.78, 5) is 29.0. The van der Waals surface area contributed by atoms with Crippen molar-refractivity contribution in [3.05, 3.63) is 35.9 Å². The van der Waals surface area contributed by atoms with E-state index in [0.717, 1.165) is 45.3 Å². The third-order valence-corrected chi connectivity index (χ3v) is 5.86. The van der Waals surface area contributed by atoms with E-state index in [2.05, 4.69) is 34.5 Å². The highest BCUT2D eigenvalue weighted by atomic mass is 16.6. The Morgan fingerprint density at radius 2 is 1.77 bits per heavy atom. The number of carbonyl (C=O) groups is 2. The summed E-state index contributed by atoms with van der Waals surface area (Å²) in [5.41, 5.74) is 0.851. The van der Waals surface area contributed by atoms with Gasteiger partial charge in [-0.2, -0.15) is 0 Å². The largest absolute Gasteiger partial charge is 0.444 e. The van der Waals surface area contributed by atoms with Gasteiger partial charge < -0.3 is 15.0 Å². The molecule has 1 N–H and O–H groups in total. The maximum atomic E-state index is 12.6. The number of likely N-dealkylation sites (tertiary alicyclic amines) is 2. The molecule has 2 saturated heterocycles. The van der Waals surface area contributed by atoms with Gasteiger partial charge in [-0.3, -0.25) is 9.69 Å². The van der Waals surface area contributed by atoms with Crippen molar-refractivity contribution in [3.8, 4) is 0 Å². The molecule has 0 aromatic heterocycles. The van der Waals surface area contributed by atoms with Crippen molar-refractivity contribution in [2.24, 2.45) is 5.92 Å². The van der Waals surface area contributed by atoms with Crippen LogP contribution in [0.4, 0.5) is 4.79 Å². The van der Waals surface area contributed by atoms with E-state index < -0.39 is 5.60 Å². The molecular weight excluding hydrogens is 378 g/mol. The van der Waals surface area contributed by atoms with E-state index in [1.165, 1.54) is 5.56 Å². The summed E-state index contributed by atoms with van der Waals surface area (Å²) < 4.78 is 5.45. The molecule has 0 spiro atoms. The lowest BCUT2D eigenvalue weighted by Gasteiger charge is -2.35. The molecule has 6 nitrogen and oxygen atoms in total. The van der Waals surface area contributed by atoms with E-state index in [9.17, 15) is 9.59 Å². The molecule has 3 rings (SSSR count). The van der Waals surface area contributed by atoms with Gasteiger partial charge in [-0.1, -0.05) is 30.3 Å². The summed E-state index contributed by atoms with van der Waals surface area (Å²) in [7, 11) is 0. The predicted octanol–water partition coefficient (Wildman–Crippen LogP) is 3.80. The normalized spacial score (nSPS) is 21.3. The van der Waals surface area contributed by atoms with Crippen LogP contribution in [0.25, 0.3) is 0 Å². The Morgan fingerprint density at radius 3 is 2.43 bits per heavy atom. The van der Waals surface area contributed by atoms with Gasteiger partial charge in [0, 0.05) is 38.6 Å². The molecule has 0 saturated carbocycles. The Bertz CT molecular complexity index is 693. The maximum absolute atomic E-state index is 12.6. The van der Waals surface area contributed by atoms with Gasteiger partial charge in [-0.15, -0.1) is 0 Å². The highest BCUT2D eigenvalue weighted by molar-refractivity contribution is 5.76. The number of rotatable bonds is 5. The van der Waals surface area contributed by atoms with Crippen molar-refractivity contribution in [2.45, 2.75) is 71.1 Å². The van der Waals surface area contributed by atoms with Gasteiger partial charge in [-0.25, -0.2) is 4.79 Å². The Hall–Kier alpha value is -2.08. The average Bonchev–Trinajstić information content (AvgIpc) is 2.68. The number of ether oxygens (including phenoxy) is 1. The molecule has 1 unspecified atom stereocenters. The zero-order chi connectivity index (χ0) is 21.6. The van der Waals surface area contributed by atoms with E-state index in [1.807, 2.05) is 26.8 Å². The topological polar surface area (TPSA) is 61.9 Å². The maximum Gasteiger partial charge on any atom is 0.410 e.